The van der Waals surface area contributed by atoms with Crippen molar-refractivity contribution in [2.45, 2.75) is 16.3 Å². The second kappa shape index (κ2) is 7.89. The highest BCUT2D eigenvalue weighted by Crippen LogP contribution is 2.42. The van der Waals surface area contributed by atoms with Gasteiger partial charge in [-0.25, -0.2) is 9.10 Å². The maximum absolute atomic E-state index is 13.4. The fraction of sp³-hybridized carbons (Fsp3) is 0.0952. The van der Waals surface area contributed by atoms with E-state index >= 15 is 0 Å². The summed E-state index contributed by atoms with van der Waals surface area (Å²) in [6.45, 7) is 0.425. The van der Waals surface area contributed by atoms with Crippen molar-refractivity contribution in [3.05, 3.63) is 83.4 Å². The molecule has 4 rings (SSSR count). The number of halogens is 1. The standard InChI is InChI=1S/C21H17ClN2OS2/c1-26-17-9-6-8-16(13-17)24-21(25)23(14-15-7-2-3-10-18(15)22)19-11-4-5-12-20(19)27-24/h2-13H,14H2,1H3. The van der Waals surface area contributed by atoms with Gasteiger partial charge in [0.05, 0.1) is 22.8 Å². The molecule has 1 aliphatic heterocycles. The zero-order chi connectivity index (χ0) is 18.8. The second-order valence-electron chi connectivity index (χ2n) is 6.01. The van der Waals surface area contributed by atoms with E-state index in [0.29, 0.717) is 11.6 Å². The van der Waals surface area contributed by atoms with Gasteiger partial charge in [0.2, 0.25) is 0 Å². The van der Waals surface area contributed by atoms with Crippen molar-refractivity contribution in [3.63, 3.8) is 0 Å². The Morgan fingerprint density at radius 1 is 1.00 bits per heavy atom. The summed E-state index contributed by atoms with van der Waals surface area (Å²) in [7, 11) is 0. The van der Waals surface area contributed by atoms with Crippen LogP contribution in [0.15, 0.2) is 82.6 Å². The SMILES string of the molecule is CSc1cccc(N2Sc3ccccc3N(Cc3ccccc3Cl)C2=O)c1. The third kappa shape index (κ3) is 3.68. The Kier molecular flexibility index (Phi) is 5.34. The van der Waals surface area contributed by atoms with Crippen molar-refractivity contribution in [1.82, 2.24) is 0 Å². The van der Waals surface area contributed by atoms with Gasteiger partial charge in [-0.1, -0.05) is 48.0 Å². The van der Waals surface area contributed by atoms with E-state index in [1.807, 2.05) is 79.1 Å². The Balaban J connectivity index is 1.75. The van der Waals surface area contributed by atoms with Gasteiger partial charge in [-0.15, -0.1) is 11.8 Å². The molecule has 0 saturated carbocycles. The van der Waals surface area contributed by atoms with Gasteiger partial charge in [-0.2, -0.15) is 0 Å². The minimum Gasteiger partial charge on any atom is -0.288 e. The van der Waals surface area contributed by atoms with Crippen LogP contribution in [0, 0.1) is 0 Å². The average Bonchev–Trinajstić information content (AvgIpc) is 2.71. The van der Waals surface area contributed by atoms with Crippen LogP contribution in [0.25, 0.3) is 0 Å². The number of para-hydroxylation sites is 1. The van der Waals surface area contributed by atoms with Crippen LogP contribution in [0.2, 0.25) is 5.02 Å². The molecule has 6 heteroatoms. The molecule has 136 valence electrons. The van der Waals surface area contributed by atoms with Crippen LogP contribution in [0.4, 0.5) is 16.2 Å². The fourth-order valence-corrected chi connectivity index (χ4v) is 4.61. The summed E-state index contributed by atoms with van der Waals surface area (Å²) in [4.78, 5) is 17.3. The van der Waals surface area contributed by atoms with Crippen LogP contribution in [-0.2, 0) is 6.54 Å². The lowest BCUT2D eigenvalue weighted by Gasteiger charge is -2.36. The number of amides is 2. The summed E-state index contributed by atoms with van der Waals surface area (Å²) in [5, 5.41) is 0.664. The number of hydrogen-bond acceptors (Lipinski definition) is 3. The van der Waals surface area contributed by atoms with Crippen molar-refractivity contribution in [2.75, 3.05) is 15.5 Å². The highest BCUT2D eigenvalue weighted by Gasteiger charge is 2.32. The Labute approximate surface area is 172 Å². The van der Waals surface area contributed by atoms with Gasteiger partial charge in [-0.05, 0) is 60.2 Å². The number of carbonyl (C=O) groups excluding carboxylic acids is 1. The smallest absolute Gasteiger partial charge is 0.288 e. The van der Waals surface area contributed by atoms with E-state index in [4.69, 9.17) is 11.6 Å². The molecule has 0 bridgehead atoms. The molecule has 0 aliphatic carbocycles. The molecule has 3 aromatic carbocycles. The van der Waals surface area contributed by atoms with Gasteiger partial charge in [0, 0.05) is 9.92 Å². The molecular weight excluding hydrogens is 396 g/mol. The minimum absolute atomic E-state index is 0.0723. The van der Waals surface area contributed by atoms with Gasteiger partial charge < -0.3 is 0 Å². The first kappa shape index (κ1) is 18.3. The first-order valence-corrected chi connectivity index (χ1v) is 10.8. The summed E-state index contributed by atoms with van der Waals surface area (Å²) in [6, 6.07) is 23.6. The molecule has 0 N–H and O–H groups in total. The fourth-order valence-electron chi connectivity index (χ4n) is 2.96. The largest absolute Gasteiger partial charge is 0.339 e. The highest BCUT2D eigenvalue weighted by molar-refractivity contribution is 8.01. The Morgan fingerprint density at radius 3 is 2.59 bits per heavy atom. The van der Waals surface area contributed by atoms with E-state index < -0.39 is 0 Å². The Morgan fingerprint density at radius 2 is 1.78 bits per heavy atom. The van der Waals surface area contributed by atoms with Crippen molar-refractivity contribution >= 4 is 52.7 Å². The molecule has 3 aromatic rings. The molecule has 1 aliphatic rings. The van der Waals surface area contributed by atoms with Crippen molar-refractivity contribution in [3.8, 4) is 0 Å². The molecule has 0 unspecified atom stereocenters. The Hall–Kier alpha value is -2.08. The number of hydrogen-bond donors (Lipinski definition) is 0. The summed E-state index contributed by atoms with van der Waals surface area (Å²) >= 11 is 9.47. The van der Waals surface area contributed by atoms with E-state index in [0.717, 1.165) is 26.7 Å². The van der Waals surface area contributed by atoms with Crippen molar-refractivity contribution < 1.29 is 4.79 Å². The molecule has 0 saturated heterocycles. The lowest BCUT2D eigenvalue weighted by Crippen LogP contribution is -2.42. The van der Waals surface area contributed by atoms with Crippen LogP contribution in [0.1, 0.15) is 5.56 Å². The molecule has 2 amide bonds. The van der Waals surface area contributed by atoms with E-state index in [1.165, 1.54) is 11.9 Å². The summed E-state index contributed by atoms with van der Waals surface area (Å²) in [5.74, 6) is 0. The van der Waals surface area contributed by atoms with Crippen LogP contribution < -0.4 is 9.21 Å². The van der Waals surface area contributed by atoms with Gasteiger partial charge in [0.1, 0.15) is 0 Å². The molecule has 3 nitrogen and oxygen atoms in total. The number of urea groups is 1. The van der Waals surface area contributed by atoms with Crippen molar-refractivity contribution in [1.29, 1.82) is 0 Å². The van der Waals surface area contributed by atoms with E-state index in [1.54, 1.807) is 21.0 Å². The maximum Gasteiger partial charge on any atom is 0.339 e. The molecule has 1 heterocycles. The number of carbonyl (C=O) groups is 1. The average molecular weight is 413 g/mol. The number of benzene rings is 3. The minimum atomic E-state index is -0.0723. The lowest BCUT2D eigenvalue weighted by molar-refractivity contribution is 0.254. The number of nitrogens with zero attached hydrogens (tertiary/aromatic N) is 2. The van der Waals surface area contributed by atoms with Gasteiger partial charge in [0.25, 0.3) is 0 Å². The molecule has 0 aromatic heterocycles. The summed E-state index contributed by atoms with van der Waals surface area (Å²) in [6.07, 6.45) is 2.03. The molecule has 0 atom stereocenters. The van der Waals surface area contributed by atoms with Crippen LogP contribution in [0.3, 0.4) is 0 Å². The zero-order valence-corrected chi connectivity index (χ0v) is 17.0. The monoisotopic (exact) mass is 412 g/mol. The molecule has 0 radical (unpaired) electrons. The topological polar surface area (TPSA) is 23.6 Å². The summed E-state index contributed by atoms with van der Waals surface area (Å²) in [5.41, 5.74) is 2.70. The normalized spacial score (nSPS) is 13.6. The van der Waals surface area contributed by atoms with Crippen LogP contribution in [-0.4, -0.2) is 12.3 Å². The molecule has 0 spiro atoms. The van der Waals surface area contributed by atoms with Gasteiger partial charge >= 0.3 is 6.03 Å². The Bertz CT molecular complexity index is 995. The highest BCUT2D eigenvalue weighted by atomic mass is 35.5. The molecular formula is C21H17ClN2OS2. The third-order valence-electron chi connectivity index (χ3n) is 4.32. The van der Waals surface area contributed by atoms with E-state index in [9.17, 15) is 4.79 Å². The number of thioether (sulfide) groups is 1. The molecule has 0 fully saturated rings. The van der Waals surface area contributed by atoms with Crippen molar-refractivity contribution in [2.24, 2.45) is 0 Å². The van der Waals surface area contributed by atoms with E-state index in [2.05, 4.69) is 0 Å². The van der Waals surface area contributed by atoms with Crippen LogP contribution >= 0.6 is 35.3 Å². The quantitative estimate of drug-likeness (QED) is 0.351. The number of anilines is 2. The number of rotatable bonds is 4. The first-order valence-electron chi connectivity index (χ1n) is 8.43. The predicted molar refractivity (Wildman–Crippen MR) is 116 cm³/mol. The van der Waals surface area contributed by atoms with Gasteiger partial charge in [0.15, 0.2) is 0 Å². The second-order valence-corrected chi connectivity index (χ2v) is 8.29. The number of fused-ring (bicyclic) bond motifs is 1. The zero-order valence-electron chi connectivity index (χ0n) is 14.6. The summed E-state index contributed by atoms with van der Waals surface area (Å²) < 4.78 is 1.75. The third-order valence-corrected chi connectivity index (χ3v) is 6.51. The molecule has 27 heavy (non-hydrogen) atoms. The van der Waals surface area contributed by atoms with E-state index in [-0.39, 0.29) is 6.03 Å². The maximum atomic E-state index is 13.4. The van der Waals surface area contributed by atoms with Gasteiger partial charge in [-0.3, -0.25) is 4.90 Å². The first-order chi connectivity index (χ1) is 13.2. The predicted octanol–water partition coefficient (Wildman–Crippen LogP) is 6.72. The lowest BCUT2D eigenvalue weighted by atomic mass is 10.2. The van der Waals surface area contributed by atoms with Crippen LogP contribution in [0.5, 0.6) is 0 Å².